The zero-order valence-corrected chi connectivity index (χ0v) is 11.5. The molecule has 6 heteroatoms. The van der Waals surface area contributed by atoms with Gasteiger partial charge in [0.25, 0.3) is 0 Å². The molecule has 94 valence electrons. The van der Waals surface area contributed by atoms with Crippen LogP contribution in [0.5, 0.6) is 0 Å². The zero-order chi connectivity index (χ0) is 13.0. The number of aryl methyl sites for hydroxylation is 1. The minimum Gasteiger partial charge on any atom is -0.397 e. The van der Waals surface area contributed by atoms with Crippen molar-refractivity contribution in [2.75, 3.05) is 16.8 Å². The van der Waals surface area contributed by atoms with Gasteiger partial charge in [-0.2, -0.15) is 0 Å². The fourth-order valence-electron chi connectivity index (χ4n) is 1.45. The molecule has 1 aromatic heterocycles. The number of aromatic nitrogens is 1. The van der Waals surface area contributed by atoms with E-state index >= 15 is 0 Å². The van der Waals surface area contributed by atoms with Crippen molar-refractivity contribution in [2.24, 2.45) is 0 Å². The third-order valence-corrected chi connectivity index (χ3v) is 4.27. The maximum atomic E-state index is 11.8. The lowest BCUT2D eigenvalue weighted by Gasteiger charge is -2.10. The maximum Gasteiger partial charge on any atom is 0.234 e. The Hall–Kier alpha value is -1.53. The predicted molar refractivity (Wildman–Crippen MR) is 77.1 cm³/mol. The number of para-hydroxylation sites is 1. The van der Waals surface area contributed by atoms with Crippen LogP contribution >= 0.6 is 23.1 Å². The van der Waals surface area contributed by atoms with E-state index in [9.17, 15) is 4.79 Å². The van der Waals surface area contributed by atoms with Gasteiger partial charge in [-0.15, -0.1) is 11.3 Å². The van der Waals surface area contributed by atoms with Crippen molar-refractivity contribution < 1.29 is 4.79 Å². The van der Waals surface area contributed by atoms with Crippen molar-refractivity contribution >= 4 is 40.4 Å². The number of carbonyl (C=O) groups excluding carboxylic acids is 1. The van der Waals surface area contributed by atoms with Crippen LogP contribution in [0.25, 0.3) is 0 Å². The third kappa shape index (κ3) is 3.24. The molecule has 0 fully saturated rings. The van der Waals surface area contributed by atoms with Crippen LogP contribution in [0.2, 0.25) is 0 Å². The van der Waals surface area contributed by atoms with Gasteiger partial charge in [0.05, 0.1) is 17.1 Å². The van der Waals surface area contributed by atoms with Gasteiger partial charge in [0.2, 0.25) is 5.91 Å². The van der Waals surface area contributed by atoms with Crippen molar-refractivity contribution in [1.29, 1.82) is 0 Å². The monoisotopic (exact) mass is 279 g/mol. The second-order valence-electron chi connectivity index (χ2n) is 3.67. The topological polar surface area (TPSA) is 68.0 Å². The molecule has 0 aliphatic heterocycles. The molecule has 2 aromatic rings. The van der Waals surface area contributed by atoms with E-state index in [1.54, 1.807) is 12.3 Å². The highest BCUT2D eigenvalue weighted by Gasteiger charge is 2.08. The van der Waals surface area contributed by atoms with Crippen LogP contribution in [-0.2, 0) is 4.79 Å². The average Bonchev–Trinajstić information content (AvgIpc) is 2.84. The molecule has 0 spiro atoms. The van der Waals surface area contributed by atoms with E-state index in [1.807, 2.05) is 24.4 Å². The van der Waals surface area contributed by atoms with Crippen LogP contribution in [0.4, 0.5) is 11.4 Å². The van der Waals surface area contributed by atoms with E-state index in [-0.39, 0.29) is 5.91 Å². The van der Waals surface area contributed by atoms with Gasteiger partial charge in [-0.3, -0.25) is 4.79 Å². The Labute approximate surface area is 114 Å². The highest BCUT2D eigenvalue weighted by atomic mass is 32.2. The standard InChI is InChI=1S/C12H13N3OS2/c1-8-3-2-4-9(13)11(8)15-10(16)7-18-12-14-5-6-17-12/h2-6H,7,13H2,1H3,(H,15,16). The molecule has 0 atom stereocenters. The molecule has 3 N–H and O–H groups in total. The number of thioether (sulfide) groups is 1. The largest absolute Gasteiger partial charge is 0.397 e. The Kier molecular flexibility index (Phi) is 4.22. The molecule has 2 rings (SSSR count). The molecule has 18 heavy (non-hydrogen) atoms. The van der Waals surface area contributed by atoms with Gasteiger partial charge in [0, 0.05) is 11.6 Å². The molecule has 0 aliphatic rings. The van der Waals surface area contributed by atoms with Gasteiger partial charge in [-0.05, 0) is 18.6 Å². The molecule has 1 aromatic carbocycles. The Bertz CT molecular complexity index is 520. The lowest BCUT2D eigenvalue weighted by Crippen LogP contribution is -2.16. The summed E-state index contributed by atoms with van der Waals surface area (Å²) in [4.78, 5) is 15.9. The first-order chi connectivity index (χ1) is 8.66. The summed E-state index contributed by atoms with van der Waals surface area (Å²) in [5.74, 6) is 0.262. The first-order valence-corrected chi connectivity index (χ1v) is 7.20. The molecule has 0 aliphatic carbocycles. The lowest BCUT2D eigenvalue weighted by molar-refractivity contribution is -0.113. The summed E-state index contributed by atoms with van der Waals surface area (Å²) in [6.07, 6.45) is 1.73. The Morgan fingerprint density at radius 3 is 3.06 bits per heavy atom. The SMILES string of the molecule is Cc1cccc(N)c1NC(=O)CSc1nccs1. The molecule has 0 saturated heterocycles. The van der Waals surface area contributed by atoms with Crippen molar-refractivity contribution in [3.05, 3.63) is 35.3 Å². The molecule has 4 nitrogen and oxygen atoms in total. The van der Waals surface area contributed by atoms with Gasteiger partial charge in [-0.25, -0.2) is 4.98 Å². The van der Waals surface area contributed by atoms with Gasteiger partial charge in [0.1, 0.15) is 4.34 Å². The number of anilines is 2. The molecule has 0 saturated carbocycles. The van der Waals surface area contributed by atoms with Gasteiger partial charge < -0.3 is 11.1 Å². The van der Waals surface area contributed by atoms with Crippen molar-refractivity contribution in [3.8, 4) is 0 Å². The van der Waals surface area contributed by atoms with E-state index in [2.05, 4.69) is 10.3 Å². The van der Waals surface area contributed by atoms with Crippen LogP contribution in [0.3, 0.4) is 0 Å². The van der Waals surface area contributed by atoms with E-state index in [4.69, 9.17) is 5.73 Å². The summed E-state index contributed by atoms with van der Waals surface area (Å²) in [6, 6.07) is 5.56. The fourth-order valence-corrected chi connectivity index (χ4v) is 2.88. The normalized spacial score (nSPS) is 10.3. The Balaban J connectivity index is 1.95. The highest BCUT2D eigenvalue weighted by molar-refractivity contribution is 8.01. The molecule has 1 amide bonds. The van der Waals surface area contributed by atoms with E-state index in [0.717, 1.165) is 9.90 Å². The molecule has 0 radical (unpaired) electrons. The fraction of sp³-hybridized carbons (Fsp3) is 0.167. The van der Waals surface area contributed by atoms with Gasteiger partial charge >= 0.3 is 0 Å². The Morgan fingerprint density at radius 2 is 2.39 bits per heavy atom. The second kappa shape index (κ2) is 5.88. The molecule has 0 bridgehead atoms. The number of hydrogen-bond donors (Lipinski definition) is 2. The summed E-state index contributed by atoms with van der Waals surface area (Å²) >= 11 is 2.95. The summed E-state index contributed by atoms with van der Waals surface area (Å²) < 4.78 is 0.892. The number of nitrogen functional groups attached to an aromatic ring is 1. The number of rotatable bonds is 4. The number of benzene rings is 1. The average molecular weight is 279 g/mol. The van der Waals surface area contributed by atoms with Gasteiger partial charge in [-0.1, -0.05) is 23.9 Å². The third-order valence-electron chi connectivity index (χ3n) is 2.31. The van der Waals surface area contributed by atoms with E-state index in [0.29, 0.717) is 17.1 Å². The Morgan fingerprint density at radius 1 is 1.56 bits per heavy atom. The van der Waals surface area contributed by atoms with Crippen LogP contribution in [0.1, 0.15) is 5.56 Å². The van der Waals surface area contributed by atoms with Crippen molar-refractivity contribution in [3.63, 3.8) is 0 Å². The highest BCUT2D eigenvalue weighted by Crippen LogP contribution is 2.24. The summed E-state index contributed by atoms with van der Waals surface area (Å²) in [5, 5.41) is 4.72. The number of nitrogens with two attached hydrogens (primary N) is 1. The minimum atomic E-state index is -0.0730. The number of amides is 1. The maximum absolute atomic E-state index is 11.8. The second-order valence-corrected chi connectivity index (χ2v) is 5.79. The van der Waals surface area contributed by atoms with E-state index < -0.39 is 0 Å². The molecular formula is C12H13N3OS2. The van der Waals surface area contributed by atoms with Crippen molar-refractivity contribution in [2.45, 2.75) is 11.3 Å². The van der Waals surface area contributed by atoms with Crippen LogP contribution in [0, 0.1) is 6.92 Å². The summed E-state index contributed by atoms with van der Waals surface area (Å²) in [5.41, 5.74) is 8.07. The molecule has 1 heterocycles. The lowest BCUT2D eigenvalue weighted by atomic mass is 10.1. The molecule has 0 unspecified atom stereocenters. The minimum absolute atomic E-state index is 0.0730. The molecular weight excluding hydrogens is 266 g/mol. The quantitative estimate of drug-likeness (QED) is 0.667. The van der Waals surface area contributed by atoms with E-state index in [1.165, 1.54) is 23.1 Å². The summed E-state index contributed by atoms with van der Waals surface area (Å²) in [7, 11) is 0. The number of nitrogens with one attached hydrogen (secondary N) is 1. The first-order valence-electron chi connectivity index (χ1n) is 5.34. The predicted octanol–water partition coefficient (Wildman–Crippen LogP) is 2.76. The number of hydrogen-bond acceptors (Lipinski definition) is 5. The first kappa shape index (κ1) is 12.9. The van der Waals surface area contributed by atoms with Crippen LogP contribution in [-0.4, -0.2) is 16.6 Å². The number of thiazole rings is 1. The van der Waals surface area contributed by atoms with Gasteiger partial charge in [0.15, 0.2) is 0 Å². The van der Waals surface area contributed by atoms with Crippen LogP contribution in [0.15, 0.2) is 34.1 Å². The smallest absolute Gasteiger partial charge is 0.234 e. The van der Waals surface area contributed by atoms with Crippen molar-refractivity contribution in [1.82, 2.24) is 4.98 Å². The number of carbonyl (C=O) groups is 1. The summed E-state index contributed by atoms with van der Waals surface area (Å²) in [6.45, 7) is 1.92. The number of nitrogens with zero attached hydrogens (tertiary/aromatic N) is 1. The zero-order valence-electron chi connectivity index (χ0n) is 9.84. The van der Waals surface area contributed by atoms with Crippen LogP contribution < -0.4 is 11.1 Å².